The van der Waals surface area contributed by atoms with Crippen LogP contribution in [-0.2, 0) is 0 Å². The Balaban J connectivity index is 2.78. The van der Waals surface area contributed by atoms with E-state index in [-0.39, 0.29) is 13.0 Å². The van der Waals surface area contributed by atoms with Crippen molar-refractivity contribution in [3.05, 3.63) is 34.2 Å². The molecular formula is C11H16N4O3. The summed E-state index contributed by atoms with van der Waals surface area (Å²) in [6.45, 7) is 0.119. The molecule has 1 aromatic rings. The highest BCUT2D eigenvalue weighted by Gasteiger charge is 2.18. The summed E-state index contributed by atoms with van der Waals surface area (Å²) >= 11 is 0. The standard InChI is InChI=1S/C11H16N4O3/c1-18-9-5-7(4-8(12)6-9)11(17)10(16)2-3-14-15-13/h4-6,10-11,16-17H,2-3,12H2,1H3. The lowest BCUT2D eigenvalue weighted by atomic mass is 10.0. The van der Waals surface area contributed by atoms with E-state index in [9.17, 15) is 10.2 Å². The lowest BCUT2D eigenvalue weighted by molar-refractivity contribution is 0.0150. The van der Waals surface area contributed by atoms with Crippen molar-refractivity contribution in [3.8, 4) is 5.75 Å². The molecule has 0 saturated carbocycles. The van der Waals surface area contributed by atoms with Crippen LogP contribution >= 0.6 is 0 Å². The van der Waals surface area contributed by atoms with E-state index in [4.69, 9.17) is 16.0 Å². The molecule has 7 heteroatoms. The fourth-order valence-electron chi connectivity index (χ4n) is 1.55. The number of aliphatic hydroxyl groups is 2. The van der Waals surface area contributed by atoms with Gasteiger partial charge in [0.05, 0.1) is 13.2 Å². The molecule has 0 radical (unpaired) electrons. The molecule has 2 atom stereocenters. The third kappa shape index (κ3) is 3.81. The zero-order chi connectivity index (χ0) is 13.5. The van der Waals surface area contributed by atoms with Crippen molar-refractivity contribution in [1.29, 1.82) is 0 Å². The quantitative estimate of drug-likeness (QED) is 0.306. The summed E-state index contributed by atoms with van der Waals surface area (Å²) in [5, 5.41) is 23.0. The molecule has 0 fully saturated rings. The number of nitrogens with zero attached hydrogens (tertiary/aromatic N) is 3. The van der Waals surface area contributed by atoms with E-state index in [1.54, 1.807) is 18.2 Å². The Morgan fingerprint density at radius 3 is 2.78 bits per heavy atom. The molecule has 0 aromatic heterocycles. The largest absolute Gasteiger partial charge is 0.497 e. The van der Waals surface area contributed by atoms with Crippen LogP contribution in [0.2, 0.25) is 0 Å². The summed E-state index contributed by atoms with van der Waals surface area (Å²) in [6, 6.07) is 4.77. The number of anilines is 1. The number of ether oxygens (including phenoxy) is 1. The molecule has 0 heterocycles. The number of methoxy groups -OCH3 is 1. The Labute approximate surface area is 104 Å². The second-order valence-electron chi connectivity index (χ2n) is 3.79. The van der Waals surface area contributed by atoms with Gasteiger partial charge in [0.25, 0.3) is 0 Å². The first-order valence-corrected chi connectivity index (χ1v) is 5.40. The third-order valence-corrected chi connectivity index (χ3v) is 2.48. The fourth-order valence-corrected chi connectivity index (χ4v) is 1.55. The molecule has 0 spiro atoms. The van der Waals surface area contributed by atoms with Gasteiger partial charge in [-0.05, 0) is 29.6 Å². The first-order chi connectivity index (χ1) is 8.58. The van der Waals surface area contributed by atoms with Crippen molar-refractivity contribution in [1.82, 2.24) is 0 Å². The predicted octanol–water partition coefficient (Wildman–Crippen LogP) is 1.37. The topological polar surface area (TPSA) is 124 Å². The molecule has 0 amide bonds. The number of aliphatic hydroxyl groups excluding tert-OH is 2. The van der Waals surface area contributed by atoms with Crippen LogP contribution in [0.5, 0.6) is 5.75 Å². The average Bonchev–Trinajstić information content (AvgIpc) is 2.37. The highest BCUT2D eigenvalue weighted by Crippen LogP contribution is 2.26. The Kier molecular flexibility index (Phi) is 5.26. The Bertz CT molecular complexity index is 446. The molecule has 0 aliphatic rings. The maximum absolute atomic E-state index is 9.94. The van der Waals surface area contributed by atoms with Gasteiger partial charge < -0.3 is 20.7 Å². The molecule has 7 nitrogen and oxygen atoms in total. The average molecular weight is 252 g/mol. The van der Waals surface area contributed by atoms with Gasteiger partial charge in [0.2, 0.25) is 0 Å². The lowest BCUT2D eigenvalue weighted by Crippen LogP contribution is -2.19. The molecular weight excluding hydrogens is 236 g/mol. The van der Waals surface area contributed by atoms with E-state index in [0.717, 1.165) is 0 Å². The van der Waals surface area contributed by atoms with Crippen molar-refractivity contribution in [2.75, 3.05) is 19.4 Å². The fraction of sp³-hybridized carbons (Fsp3) is 0.455. The Hall–Kier alpha value is -1.95. The second-order valence-corrected chi connectivity index (χ2v) is 3.79. The molecule has 1 aromatic carbocycles. The lowest BCUT2D eigenvalue weighted by Gasteiger charge is -2.18. The highest BCUT2D eigenvalue weighted by molar-refractivity contribution is 5.48. The van der Waals surface area contributed by atoms with E-state index in [1.807, 2.05) is 0 Å². The van der Waals surface area contributed by atoms with Crippen molar-refractivity contribution in [2.45, 2.75) is 18.6 Å². The van der Waals surface area contributed by atoms with Crippen LogP contribution in [-0.4, -0.2) is 30.0 Å². The van der Waals surface area contributed by atoms with Gasteiger partial charge in [0.15, 0.2) is 0 Å². The number of rotatable bonds is 6. The minimum Gasteiger partial charge on any atom is -0.497 e. The molecule has 2 unspecified atom stereocenters. The SMILES string of the molecule is COc1cc(N)cc(C(O)C(O)CCN=[N+]=[N-])c1. The number of azide groups is 1. The number of benzene rings is 1. The Morgan fingerprint density at radius 1 is 1.44 bits per heavy atom. The summed E-state index contributed by atoms with van der Waals surface area (Å²) in [7, 11) is 1.49. The van der Waals surface area contributed by atoms with Gasteiger partial charge in [0, 0.05) is 23.2 Å². The maximum Gasteiger partial charge on any atom is 0.121 e. The zero-order valence-electron chi connectivity index (χ0n) is 10.0. The molecule has 98 valence electrons. The van der Waals surface area contributed by atoms with Crippen LogP contribution in [0.25, 0.3) is 10.4 Å². The first-order valence-electron chi connectivity index (χ1n) is 5.40. The smallest absolute Gasteiger partial charge is 0.121 e. The van der Waals surface area contributed by atoms with Crippen molar-refractivity contribution in [2.24, 2.45) is 5.11 Å². The van der Waals surface area contributed by atoms with Gasteiger partial charge in [-0.3, -0.25) is 0 Å². The van der Waals surface area contributed by atoms with Crippen LogP contribution in [0.4, 0.5) is 5.69 Å². The number of nitrogens with two attached hydrogens (primary N) is 1. The second kappa shape index (κ2) is 6.70. The predicted molar refractivity (Wildman–Crippen MR) is 67.0 cm³/mol. The van der Waals surface area contributed by atoms with Crippen molar-refractivity contribution in [3.63, 3.8) is 0 Å². The minimum atomic E-state index is -1.10. The molecule has 4 N–H and O–H groups in total. The third-order valence-electron chi connectivity index (χ3n) is 2.48. The molecule has 0 bridgehead atoms. The summed E-state index contributed by atoms with van der Waals surface area (Å²) in [6.07, 6.45) is -1.96. The summed E-state index contributed by atoms with van der Waals surface area (Å²) < 4.78 is 5.02. The van der Waals surface area contributed by atoms with Gasteiger partial charge >= 0.3 is 0 Å². The van der Waals surface area contributed by atoms with E-state index < -0.39 is 12.2 Å². The van der Waals surface area contributed by atoms with Crippen LogP contribution in [0.1, 0.15) is 18.1 Å². The van der Waals surface area contributed by atoms with Gasteiger partial charge in [-0.25, -0.2) is 0 Å². The van der Waals surface area contributed by atoms with Gasteiger partial charge in [0.1, 0.15) is 11.9 Å². The first kappa shape index (κ1) is 14.1. The van der Waals surface area contributed by atoms with E-state index in [2.05, 4.69) is 10.0 Å². The van der Waals surface area contributed by atoms with Crippen LogP contribution in [0.3, 0.4) is 0 Å². The molecule has 18 heavy (non-hydrogen) atoms. The van der Waals surface area contributed by atoms with Crippen molar-refractivity contribution < 1.29 is 14.9 Å². The maximum atomic E-state index is 9.94. The van der Waals surface area contributed by atoms with E-state index in [0.29, 0.717) is 17.0 Å². The summed E-state index contributed by atoms with van der Waals surface area (Å²) in [5.74, 6) is 0.506. The Morgan fingerprint density at radius 2 is 2.17 bits per heavy atom. The van der Waals surface area contributed by atoms with Crippen LogP contribution < -0.4 is 10.5 Å². The molecule has 1 rings (SSSR count). The van der Waals surface area contributed by atoms with Crippen molar-refractivity contribution >= 4 is 5.69 Å². The number of hydrogen-bond acceptors (Lipinski definition) is 5. The molecule has 0 aliphatic heterocycles. The number of hydrogen-bond donors (Lipinski definition) is 3. The summed E-state index contributed by atoms with van der Waals surface area (Å²) in [5.41, 5.74) is 14.7. The number of nitrogen functional groups attached to an aromatic ring is 1. The minimum absolute atomic E-state index is 0.119. The monoisotopic (exact) mass is 252 g/mol. The normalized spacial score (nSPS) is 13.5. The summed E-state index contributed by atoms with van der Waals surface area (Å²) in [4.78, 5) is 2.57. The van der Waals surface area contributed by atoms with E-state index in [1.165, 1.54) is 7.11 Å². The zero-order valence-corrected chi connectivity index (χ0v) is 10.0. The molecule has 0 saturated heterocycles. The van der Waals surface area contributed by atoms with Gasteiger partial charge in [-0.15, -0.1) is 0 Å². The van der Waals surface area contributed by atoms with E-state index >= 15 is 0 Å². The van der Waals surface area contributed by atoms with Crippen LogP contribution in [0.15, 0.2) is 23.3 Å². The highest BCUT2D eigenvalue weighted by atomic mass is 16.5. The van der Waals surface area contributed by atoms with Crippen LogP contribution in [0, 0.1) is 0 Å². The van der Waals surface area contributed by atoms with Gasteiger partial charge in [-0.2, -0.15) is 0 Å². The van der Waals surface area contributed by atoms with Gasteiger partial charge in [-0.1, -0.05) is 5.11 Å². The molecule has 0 aliphatic carbocycles.